The van der Waals surface area contributed by atoms with Crippen LogP contribution >= 0.6 is 0 Å². The third-order valence-corrected chi connectivity index (χ3v) is 5.68. The van der Waals surface area contributed by atoms with E-state index in [9.17, 15) is 0 Å². The summed E-state index contributed by atoms with van der Waals surface area (Å²) in [6.45, 7) is 8.37. The van der Waals surface area contributed by atoms with E-state index in [2.05, 4.69) is 49.9 Å². The molecule has 1 nitrogen and oxygen atoms in total. The Morgan fingerprint density at radius 3 is 2.09 bits per heavy atom. The number of para-hydroxylation sites is 1. The molecule has 0 spiro atoms. The molecular formula is C22H37N. The number of fused-ring (bicyclic) bond motifs is 1. The maximum atomic E-state index is 2.75. The summed E-state index contributed by atoms with van der Waals surface area (Å²) in [4.78, 5) is 2.75. The number of hydrogen-bond acceptors (Lipinski definition) is 1. The molecule has 0 saturated carbocycles. The highest BCUT2D eigenvalue weighted by Gasteiger charge is 2.34. The van der Waals surface area contributed by atoms with Crippen LogP contribution in [0.15, 0.2) is 24.3 Å². The van der Waals surface area contributed by atoms with Crippen molar-refractivity contribution >= 4 is 5.69 Å². The van der Waals surface area contributed by atoms with Crippen molar-refractivity contribution in [2.75, 3.05) is 11.4 Å². The molecule has 1 heterocycles. The highest BCUT2D eigenvalue weighted by molar-refractivity contribution is 5.59. The zero-order valence-corrected chi connectivity index (χ0v) is 15.7. The molecule has 1 aliphatic rings. The average Bonchev–Trinajstić information content (AvgIpc) is 3.01. The molecule has 0 aromatic heterocycles. The number of benzene rings is 1. The molecule has 0 amide bonds. The maximum Gasteiger partial charge on any atom is 0.0404 e. The molecular weight excluding hydrogens is 278 g/mol. The van der Waals surface area contributed by atoms with E-state index in [1.165, 1.54) is 82.9 Å². The minimum absolute atomic E-state index is 0.355. The fourth-order valence-corrected chi connectivity index (χ4v) is 4.16. The lowest BCUT2D eigenvalue weighted by molar-refractivity contribution is 0.341. The van der Waals surface area contributed by atoms with Gasteiger partial charge in [-0.05, 0) is 37.8 Å². The highest BCUT2D eigenvalue weighted by atomic mass is 15.2. The van der Waals surface area contributed by atoms with Gasteiger partial charge in [0.2, 0.25) is 0 Å². The van der Waals surface area contributed by atoms with E-state index < -0.39 is 0 Å². The number of anilines is 1. The lowest BCUT2D eigenvalue weighted by Gasteiger charge is -2.42. The smallest absolute Gasteiger partial charge is 0.0404 e. The minimum atomic E-state index is 0.355. The van der Waals surface area contributed by atoms with E-state index in [-0.39, 0.29) is 0 Å². The second-order valence-electron chi connectivity index (χ2n) is 7.65. The van der Waals surface area contributed by atoms with Crippen molar-refractivity contribution < 1.29 is 0 Å². The van der Waals surface area contributed by atoms with Crippen LogP contribution in [0.2, 0.25) is 0 Å². The van der Waals surface area contributed by atoms with Gasteiger partial charge in [0.05, 0.1) is 0 Å². The first-order valence-electron chi connectivity index (χ1n) is 10.1. The van der Waals surface area contributed by atoms with Crippen LogP contribution in [-0.4, -0.2) is 12.1 Å². The molecule has 1 heteroatoms. The van der Waals surface area contributed by atoms with Crippen molar-refractivity contribution in [3.63, 3.8) is 0 Å². The van der Waals surface area contributed by atoms with Gasteiger partial charge in [-0.3, -0.25) is 0 Å². The van der Waals surface area contributed by atoms with E-state index in [0.29, 0.717) is 5.54 Å². The largest absolute Gasteiger partial charge is 0.366 e. The quantitative estimate of drug-likeness (QED) is 0.408. The SMILES string of the molecule is CCCCCCC(C)(CCCCCC)N1CCc2ccccc21. The van der Waals surface area contributed by atoms with Crippen LogP contribution in [0, 0.1) is 0 Å². The number of unbranched alkanes of at least 4 members (excludes halogenated alkanes) is 6. The molecule has 0 aliphatic carbocycles. The average molecular weight is 316 g/mol. The Kier molecular flexibility index (Phi) is 7.46. The summed E-state index contributed by atoms with van der Waals surface area (Å²) < 4.78 is 0. The summed E-state index contributed by atoms with van der Waals surface area (Å²) >= 11 is 0. The Hall–Kier alpha value is -0.980. The topological polar surface area (TPSA) is 3.24 Å². The van der Waals surface area contributed by atoms with E-state index >= 15 is 0 Å². The molecule has 2 rings (SSSR count). The fraction of sp³-hybridized carbons (Fsp3) is 0.727. The zero-order valence-electron chi connectivity index (χ0n) is 15.7. The van der Waals surface area contributed by atoms with Gasteiger partial charge in [0.15, 0.2) is 0 Å². The molecule has 0 unspecified atom stereocenters. The zero-order chi connectivity index (χ0) is 16.5. The van der Waals surface area contributed by atoms with Gasteiger partial charge in [-0.15, -0.1) is 0 Å². The molecule has 0 N–H and O–H groups in total. The van der Waals surface area contributed by atoms with Gasteiger partial charge in [0.25, 0.3) is 0 Å². The van der Waals surface area contributed by atoms with E-state index in [1.54, 1.807) is 5.56 Å². The van der Waals surface area contributed by atoms with Crippen LogP contribution in [0.1, 0.15) is 90.5 Å². The summed E-state index contributed by atoms with van der Waals surface area (Å²) in [5, 5.41) is 0. The van der Waals surface area contributed by atoms with E-state index in [4.69, 9.17) is 0 Å². The van der Waals surface area contributed by atoms with Gasteiger partial charge in [-0.2, -0.15) is 0 Å². The summed E-state index contributed by atoms with van der Waals surface area (Å²) in [6, 6.07) is 9.08. The Bertz CT molecular complexity index is 439. The predicted octanol–water partition coefficient (Wildman–Crippen LogP) is 6.75. The molecule has 0 saturated heterocycles. The summed E-state index contributed by atoms with van der Waals surface area (Å²) in [5.41, 5.74) is 3.43. The molecule has 0 fully saturated rings. The van der Waals surface area contributed by atoms with Crippen LogP contribution in [0.4, 0.5) is 5.69 Å². The van der Waals surface area contributed by atoms with Crippen molar-refractivity contribution in [1.29, 1.82) is 0 Å². The second-order valence-corrected chi connectivity index (χ2v) is 7.65. The lowest BCUT2D eigenvalue weighted by Crippen LogP contribution is -2.45. The first-order chi connectivity index (χ1) is 11.2. The number of hydrogen-bond donors (Lipinski definition) is 0. The van der Waals surface area contributed by atoms with Crippen molar-refractivity contribution in [1.82, 2.24) is 0 Å². The third-order valence-electron chi connectivity index (χ3n) is 5.68. The van der Waals surface area contributed by atoms with Gasteiger partial charge in [0, 0.05) is 17.8 Å². The Labute approximate surface area is 144 Å². The maximum absolute atomic E-state index is 2.75. The first-order valence-corrected chi connectivity index (χ1v) is 10.1. The van der Waals surface area contributed by atoms with E-state index in [0.717, 1.165) is 0 Å². The van der Waals surface area contributed by atoms with Crippen LogP contribution in [-0.2, 0) is 6.42 Å². The Morgan fingerprint density at radius 2 is 1.48 bits per heavy atom. The summed E-state index contributed by atoms with van der Waals surface area (Å²) in [7, 11) is 0. The van der Waals surface area contributed by atoms with Gasteiger partial charge in [0.1, 0.15) is 0 Å². The molecule has 0 atom stereocenters. The number of rotatable bonds is 11. The minimum Gasteiger partial charge on any atom is -0.366 e. The van der Waals surface area contributed by atoms with Crippen molar-refractivity contribution in [2.24, 2.45) is 0 Å². The van der Waals surface area contributed by atoms with Gasteiger partial charge in [-0.1, -0.05) is 83.4 Å². The summed E-state index contributed by atoms with van der Waals surface area (Å²) in [5.74, 6) is 0. The normalized spacial score (nSPS) is 14.3. The van der Waals surface area contributed by atoms with Crippen LogP contribution in [0.5, 0.6) is 0 Å². The first kappa shape index (κ1) is 18.4. The second kappa shape index (κ2) is 9.35. The molecule has 0 bridgehead atoms. The highest BCUT2D eigenvalue weighted by Crippen LogP contribution is 2.38. The standard InChI is InChI=1S/C22H37N/c1-4-6-8-12-17-22(3,18-13-9-7-5-2)23-19-16-20-14-10-11-15-21(20)23/h10-11,14-15H,4-9,12-13,16-19H2,1-3H3. The lowest BCUT2D eigenvalue weighted by atomic mass is 9.86. The Morgan fingerprint density at radius 1 is 0.870 bits per heavy atom. The van der Waals surface area contributed by atoms with Crippen molar-refractivity contribution in [3.8, 4) is 0 Å². The van der Waals surface area contributed by atoms with Crippen LogP contribution in [0.3, 0.4) is 0 Å². The monoisotopic (exact) mass is 315 g/mol. The Balaban J connectivity index is 2.03. The molecule has 1 aromatic rings. The molecule has 1 aliphatic heterocycles. The number of nitrogens with zero attached hydrogens (tertiary/aromatic N) is 1. The summed E-state index contributed by atoms with van der Waals surface area (Å²) in [6.07, 6.45) is 15.0. The molecule has 130 valence electrons. The van der Waals surface area contributed by atoms with Crippen LogP contribution in [0.25, 0.3) is 0 Å². The van der Waals surface area contributed by atoms with Gasteiger partial charge in [-0.25, -0.2) is 0 Å². The van der Waals surface area contributed by atoms with Gasteiger partial charge >= 0.3 is 0 Å². The molecule has 23 heavy (non-hydrogen) atoms. The third kappa shape index (κ3) is 4.99. The molecule has 1 aromatic carbocycles. The fourth-order valence-electron chi connectivity index (χ4n) is 4.16. The van der Waals surface area contributed by atoms with Gasteiger partial charge < -0.3 is 4.90 Å². The van der Waals surface area contributed by atoms with E-state index in [1.807, 2.05) is 0 Å². The van der Waals surface area contributed by atoms with Crippen molar-refractivity contribution in [2.45, 2.75) is 96.9 Å². The van der Waals surface area contributed by atoms with Crippen molar-refractivity contribution in [3.05, 3.63) is 29.8 Å². The molecule has 0 radical (unpaired) electrons. The van der Waals surface area contributed by atoms with Crippen LogP contribution < -0.4 is 4.90 Å². The predicted molar refractivity (Wildman–Crippen MR) is 103 cm³/mol.